The van der Waals surface area contributed by atoms with Gasteiger partial charge < -0.3 is 24.3 Å². The van der Waals surface area contributed by atoms with Crippen molar-refractivity contribution < 1.29 is 18.9 Å². The van der Waals surface area contributed by atoms with E-state index in [1.165, 1.54) is 0 Å². The molecular weight excluding hydrogens is 374 g/mol. The van der Waals surface area contributed by atoms with E-state index >= 15 is 0 Å². The van der Waals surface area contributed by atoms with Gasteiger partial charge in [0.05, 0.1) is 18.7 Å². The van der Waals surface area contributed by atoms with Gasteiger partial charge in [-0.05, 0) is 58.7 Å². The Kier molecular flexibility index (Phi) is 5.16. The molecule has 24 heavy (non-hydrogen) atoms. The molecule has 1 aliphatic heterocycles. The molecule has 0 amide bonds. The van der Waals surface area contributed by atoms with Gasteiger partial charge in [0.25, 0.3) is 0 Å². The largest absolute Gasteiger partial charge is 0.497 e. The van der Waals surface area contributed by atoms with Gasteiger partial charge in [-0.3, -0.25) is 0 Å². The second-order valence-corrected chi connectivity index (χ2v) is 6.38. The van der Waals surface area contributed by atoms with Crippen molar-refractivity contribution in [2.45, 2.75) is 19.5 Å². The highest BCUT2D eigenvalue weighted by Crippen LogP contribution is 2.40. The van der Waals surface area contributed by atoms with Gasteiger partial charge in [0.15, 0.2) is 11.5 Å². The van der Waals surface area contributed by atoms with Crippen LogP contribution in [0.1, 0.15) is 24.1 Å². The Bertz CT molecular complexity index is 735. The van der Waals surface area contributed by atoms with Crippen molar-refractivity contribution in [3.05, 3.63) is 45.9 Å². The predicted molar refractivity (Wildman–Crippen MR) is 95.1 cm³/mol. The zero-order valence-electron chi connectivity index (χ0n) is 13.9. The van der Waals surface area contributed by atoms with Crippen LogP contribution in [0.4, 0.5) is 0 Å². The van der Waals surface area contributed by atoms with Crippen molar-refractivity contribution in [2.75, 3.05) is 21.0 Å². The number of hydrogen-bond donors (Lipinski definition) is 1. The van der Waals surface area contributed by atoms with Crippen molar-refractivity contribution in [3.63, 3.8) is 0 Å². The highest BCUT2D eigenvalue weighted by molar-refractivity contribution is 9.10. The van der Waals surface area contributed by atoms with Gasteiger partial charge in [-0.2, -0.15) is 0 Å². The van der Waals surface area contributed by atoms with Gasteiger partial charge in [-0.15, -0.1) is 0 Å². The number of benzene rings is 2. The standard InChI is InChI=1S/C18H20BrNO4/c1-11(14-8-13(21-2)4-5-16(14)22-3)20-9-12-6-15(19)18-17(7-12)23-10-24-18/h4-8,11,20H,9-10H2,1-3H3. The van der Waals surface area contributed by atoms with Crippen molar-refractivity contribution in [1.82, 2.24) is 5.32 Å². The molecule has 0 bridgehead atoms. The maximum atomic E-state index is 5.46. The molecule has 1 heterocycles. The Balaban J connectivity index is 1.74. The summed E-state index contributed by atoms with van der Waals surface area (Å²) in [6.07, 6.45) is 0. The topological polar surface area (TPSA) is 49.0 Å². The van der Waals surface area contributed by atoms with Crippen LogP contribution in [0.5, 0.6) is 23.0 Å². The fourth-order valence-corrected chi connectivity index (χ4v) is 3.29. The molecule has 0 radical (unpaired) electrons. The maximum Gasteiger partial charge on any atom is 0.231 e. The number of hydrogen-bond acceptors (Lipinski definition) is 5. The molecule has 2 aromatic carbocycles. The summed E-state index contributed by atoms with van der Waals surface area (Å²) in [7, 11) is 3.33. The second-order valence-electron chi connectivity index (χ2n) is 5.52. The monoisotopic (exact) mass is 393 g/mol. The van der Waals surface area contributed by atoms with Crippen LogP contribution in [0.15, 0.2) is 34.8 Å². The van der Waals surface area contributed by atoms with Gasteiger partial charge in [0, 0.05) is 18.2 Å². The first kappa shape index (κ1) is 16.9. The van der Waals surface area contributed by atoms with E-state index in [-0.39, 0.29) is 12.8 Å². The lowest BCUT2D eigenvalue weighted by Gasteiger charge is -2.18. The van der Waals surface area contributed by atoms with E-state index in [0.717, 1.165) is 38.6 Å². The minimum Gasteiger partial charge on any atom is -0.497 e. The molecule has 6 heteroatoms. The molecule has 1 aliphatic rings. The maximum absolute atomic E-state index is 5.46. The third kappa shape index (κ3) is 3.44. The fourth-order valence-electron chi connectivity index (χ4n) is 2.68. The molecule has 0 aliphatic carbocycles. The van der Waals surface area contributed by atoms with Gasteiger partial charge in [0.2, 0.25) is 6.79 Å². The van der Waals surface area contributed by atoms with E-state index in [1.807, 2.05) is 30.3 Å². The smallest absolute Gasteiger partial charge is 0.231 e. The number of ether oxygens (including phenoxy) is 4. The normalized spacial score (nSPS) is 13.7. The third-order valence-corrected chi connectivity index (χ3v) is 4.59. The van der Waals surface area contributed by atoms with Crippen LogP contribution in [0.25, 0.3) is 0 Å². The number of rotatable bonds is 6. The predicted octanol–water partition coefficient (Wildman–Crippen LogP) is 4.05. The van der Waals surface area contributed by atoms with Gasteiger partial charge in [0.1, 0.15) is 11.5 Å². The summed E-state index contributed by atoms with van der Waals surface area (Å²) in [5.74, 6) is 3.18. The van der Waals surface area contributed by atoms with E-state index in [2.05, 4.69) is 28.2 Å². The van der Waals surface area contributed by atoms with Crippen molar-refractivity contribution in [2.24, 2.45) is 0 Å². The summed E-state index contributed by atoms with van der Waals surface area (Å²) in [5.41, 5.74) is 2.16. The Morgan fingerprint density at radius 3 is 2.75 bits per heavy atom. The molecule has 3 rings (SSSR count). The minimum absolute atomic E-state index is 0.0965. The first-order valence-corrected chi connectivity index (χ1v) is 8.45. The van der Waals surface area contributed by atoms with Crippen LogP contribution >= 0.6 is 15.9 Å². The minimum atomic E-state index is 0.0965. The lowest BCUT2D eigenvalue weighted by molar-refractivity contribution is 0.173. The Hall–Kier alpha value is -1.92. The molecule has 0 aromatic heterocycles. The molecule has 0 spiro atoms. The number of nitrogens with one attached hydrogen (secondary N) is 1. The molecule has 1 unspecified atom stereocenters. The van der Waals surface area contributed by atoms with E-state index in [0.29, 0.717) is 6.54 Å². The third-order valence-electron chi connectivity index (χ3n) is 4.00. The molecule has 128 valence electrons. The summed E-state index contributed by atoms with van der Waals surface area (Å²) < 4.78 is 22.6. The second kappa shape index (κ2) is 7.32. The first-order valence-electron chi connectivity index (χ1n) is 7.65. The molecule has 0 fully saturated rings. The zero-order valence-corrected chi connectivity index (χ0v) is 15.5. The van der Waals surface area contributed by atoms with Crippen LogP contribution in [0.2, 0.25) is 0 Å². The Morgan fingerprint density at radius 2 is 2.00 bits per heavy atom. The van der Waals surface area contributed by atoms with E-state index < -0.39 is 0 Å². The van der Waals surface area contributed by atoms with E-state index in [1.54, 1.807) is 14.2 Å². The van der Waals surface area contributed by atoms with Crippen LogP contribution in [-0.2, 0) is 6.54 Å². The van der Waals surface area contributed by atoms with E-state index in [4.69, 9.17) is 18.9 Å². The summed E-state index contributed by atoms with van der Waals surface area (Å²) >= 11 is 3.52. The van der Waals surface area contributed by atoms with Gasteiger partial charge >= 0.3 is 0 Å². The molecule has 1 atom stereocenters. The first-order chi connectivity index (χ1) is 11.6. The molecule has 1 N–H and O–H groups in total. The fraction of sp³-hybridized carbons (Fsp3) is 0.333. The highest BCUT2D eigenvalue weighted by atomic mass is 79.9. The van der Waals surface area contributed by atoms with E-state index in [9.17, 15) is 0 Å². The Morgan fingerprint density at radius 1 is 1.17 bits per heavy atom. The molecule has 2 aromatic rings. The quantitative estimate of drug-likeness (QED) is 0.801. The van der Waals surface area contributed by atoms with Crippen LogP contribution in [0.3, 0.4) is 0 Å². The highest BCUT2D eigenvalue weighted by Gasteiger charge is 2.18. The number of methoxy groups -OCH3 is 2. The lowest BCUT2D eigenvalue weighted by atomic mass is 10.1. The average Bonchev–Trinajstić information content (AvgIpc) is 3.08. The molecule has 0 saturated heterocycles. The zero-order chi connectivity index (χ0) is 17.1. The van der Waals surface area contributed by atoms with Crippen molar-refractivity contribution in [1.29, 1.82) is 0 Å². The summed E-state index contributed by atoms with van der Waals surface area (Å²) in [6, 6.07) is 9.94. The molecule has 0 saturated carbocycles. The molecule has 5 nitrogen and oxygen atoms in total. The SMILES string of the molecule is COc1ccc(OC)c(C(C)NCc2cc(Br)c3c(c2)OCO3)c1. The summed E-state index contributed by atoms with van der Waals surface area (Å²) in [4.78, 5) is 0. The number of fused-ring (bicyclic) bond motifs is 1. The van der Waals surface area contributed by atoms with Crippen LogP contribution in [0, 0.1) is 0 Å². The number of halogens is 1. The van der Waals surface area contributed by atoms with Gasteiger partial charge in [-0.25, -0.2) is 0 Å². The van der Waals surface area contributed by atoms with Crippen molar-refractivity contribution in [3.8, 4) is 23.0 Å². The lowest BCUT2D eigenvalue weighted by Crippen LogP contribution is -2.18. The Labute approximate surface area is 150 Å². The summed E-state index contributed by atoms with van der Waals surface area (Å²) in [5, 5.41) is 3.51. The van der Waals surface area contributed by atoms with Crippen molar-refractivity contribution >= 4 is 15.9 Å². The van der Waals surface area contributed by atoms with Crippen LogP contribution in [-0.4, -0.2) is 21.0 Å². The average molecular weight is 394 g/mol. The van der Waals surface area contributed by atoms with Gasteiger partial charge in [-0.1, -0.05) is 0 Å². The van der Waals surface area contributed by atoms with Crippen LogP contribution < -0.4 is 24.3 Å². The summed E-state index contributed by atoms with van der Waals surface area (Å²) in [6.45, 7) is 3.05. The molecular formula is C18H20BrNO4.